The van der Waals surface area contributed by atoms with Crippen LogP contribution in [0, 0.1) is 0 Å². The highest BCUT2D eigenvalue weighted by molar-refractivity contribution is 5.14. The van der Waals surface area contributed by atoms with E-state index in [1.807, 2.05) is 0 Å². The van der Waals surface area contributed by atoms with Gasteiger partial charge in [0.05, 0.1) is 6.10 Å². The van der Waals surface area contributed by atoms with Gasteiger partial charge in [0.15, 0.2) is 5.82 Å². The molecule has 0 radical (unpaired) electrons. The minimum Gasteiger partial charge on any atom is -0.368 e. The van der Waals surface area contributed by atoms with Crippen LogP contribution in [0.5, 0.6) is 0 Å². The van der Waals surface area contributed by atoms with Gasteiger partial charge in [-0.2, -0.15) is 4.98 Å². The number of nitrogens with zero attached hydrogens (tertiary/aromatic N) is 2. The van der Waals surface area contributed by atoms with Crippen LogP contribution in [-0.4, -0.2) is 29.3 Å². The van der Waals surface area contributed by atoms with Gasteiger partial charge in [-0.1, -0.05) is 12.1 Å². The molecular weight excluding hydrogens is 218 g/mol. The fourth-order valence-electron chi connectivity index (χ4n) is 2.12. The van der Waals surface area contributed by atoms with Crippen LogP contribution in [0.1, 0.15) is 44.3 Å². The first-order valence-electron chi connectivity index (χ1n) is 6.42. The molecule has 0 aromatic carbocycles. The van der Waals surface area contributed by atoms with Crippen molar-refractivity contribution in [2.45, 2.75) is 50.7 Å². The van der Waals surface area contributed by atoms with Crippen LogP contribution in [-0.2, 0) is 16.8 Å². The highest BCUT2D eigenvalue weighted by Crippen LogP contribution is 2.45. The van der Waals surface area contributed by atoms with E-state index in [1.165, 1.54) is 12.8 Å². The molecule has 17 heavy (non-hydrogen) atoms. The first kappa shape index (κ1) is 11.2. The lowest BCUT2D eigenvalue weighted by Gasteiger charge is -2.21. The smallest absolute Gasteiger partial charge is 0.252 e. The Kier molecular flexibility index (Phi) is 2.88. The number of nitrogens with one attached hydrogen (secondary N) is 1. The van der Waals surface area contributed by atoms with Crippen LogP contribution in [0.15, 0.2) is 4.52 Å². The van der Waals surface area contributed by atoms with E-state index in [-0.39, 0.29) is 5.41 Å². The maximum absolute atomic E-state index is 5.78. The molecule has 3 rings (SSSR count). The summed E-state index contributed by atoms with van der Waals surface area (Å²) >= 11 is 0. The zero-order valence-electron chi connectivity index (χ0n) is 10.2. The normalized spacial score (nSPS) is 23.8. The molecule has 5 heteroatoms. The highest BCUT2D eigenvalue weighted by Gasteiger charge is 2.43. The number of rotatable bonds is 4. The molecule has 1 saturated carbocycles. The lowest BCUT2D eigenvalue weighted by Crippen LogP contribution is -2.32. The van der Waals surface area contributed by atoms with Crippen molar-refractivity contribution in [1.82, 2.24) is 15.5 Å². The Morgan fingerprint density at radius 1 is 1.41 bits per heavy atom. The minimum absolute atomic E-state index is 0.177. The van der Waals surface area contributed by atoms with Gasteiger partial charge in [0.1, 0.15) is 6.61 Å². The van der Waals surface area contributed by atoms with Crippen LogP contribution in [0.3, 0.4) is 0 Å². The molecule has 2 heterocycles. The van der Waals surface area contributed by atoms with E-state index in [9.17, 15) is 0 Å². The predicted molar refractivity (Wildman–Crippen MR) is 61.6 cm³/mol. The van der Waals surface area contributed by atoms with Crippen molar-refractivity contribution in [3.05, 3.63) is 11.7 Å². The monoisotopic (exact) mass is 237 g/mol. The summed E-state index contributed by atoms with van der Waals surface area (Å²) in [5.41, 5.74) is 0.177. The number of ether oxygens (including phenoxy) is 1. The predicted octanol–water partition coefficient (Wildman–Crippen LogP) is 1.39. The van der Waals surface area contributed by atoms with Gasteiger partial charge in [-0.3, -0.25) is 0 Å². The molecule has 94 valence electrons. The molecule has 5 nitrogen and oxygen atoms in total. The average Bonchev–Trinajstić information content (AvgIpc) is 2.94. The van der Waals surface area contributed by atoms with Crippen molar-refractivity contribution in [2.75, 3.05) is 13.1 Å². The lowest BCUT2D eigenvalue weighted by molar-refractivity contribution is 0.00859. The van der Waals surface area contributed by atoms with Gasteiger partial charge in [-0.25, -0.2) is 0 Å². The van der Waals surface area contributed by atoms with Crippen molar-refractivity contribution in [3.63, 3.8) is 0 Å². The summed E-state index contributed by atoms with van der Waals surface area (Å²) in [7, 11) is 0. The topological polar surface area (TPSA) is 60.2 Å². The summed E-state index contributed by atoms with van der Waals surface area (Å²) in [6.45, 7) is 4.71. The highest BCUT2D eigenvalue weighted by atomic mass is 16.5. The average molecular weight is 237 g/mol. The van der Waals surface area contributed by atoms with E-state index in [2.05, 4.69) is 22.4 Å². The fourth-order valence-corrected chi connectivity index (χ4v) is 2.12. The first-order valence-corrected chi connectivity index (χ1v) is 6.42. The number of hydrogen-bond acceptors (Lipinski definition) is 5. The second-order valence-corrected chi connectivity index (χ2v) is 5.33. The lowest BCUT2D eigenvalue weighted by atomic mass is 10.1. The molecular formula is C12H19N3O2. The SMILES string of the molecule is CC1(c2noc(COC3CCNCC3)n2)CC1. The number of aromatic nitrogens is 2. The standard InChI is InChI=1S/C12H19N3O2/c1-12(4-5-12)11-14-10(17-15-11)8-16-9-2-6-13-7-3-9/h9,13H,2-8H2,1H3. The molecule has 0 amide bonds. The molecule has 1 saturated heterocycles. The molecule has 0 atom stereocenters. The Balaban J connectivity index is 1.52. The van der Waals surface area contributed by atoms with Gasteiger partial charge in [0, 0.05) is 5.41 Å². The molecule has 0 spiro atoms. The minimum atomic E-state index is 0.177. The van der Waals surface area contributed by atoms with Crippen molar-refractivity contribution >= 4 is 0 Å². The van der Waals surface area contributed by atoms with E-state index in [1.54, 1.807) is 0 Å². The van der Waals surface area contributed by atoms with E-state index in [0.717, 1.165) is 31.8 Å². The second-order valence-electron chi connectivity index (χ2n) is 5.33. The Morgan fingerprint density at radius 3 is 2.88 bits per heavy atom. The fraction of sp³-hybridized carbons (Fsp3) is 0.833. The molecule has 1 aliphatic carbocycles. The summed E-state index contributed by atoms with van der Waals surface area (Å²) in [6.07, 6.45) is 4.81. The van der Waals surface area contributed by atoms with Gasteiger partial charge in [0.2, 0.25) is 0 Å². The Hall–Kier alpha value is -0.940. The van der Waals surface area contributed by atoms with E-state index >= 15 is 0 Å². The van der Waals surface area contributed by atoms with E-state index < -0.39 is 0 Å². The molecule has 0 unspecified atom stereocenters. The third kappa shape index (κ3) is 2.50. The van der Waals surface area contributed by atoms with Crippen LogP contribution >= 0.6 is 0 Å². The van der Waals surface area contributed by atoms with Gasteiger partial charge in [0.25, 0.3) is 5.89 Å². The summed E-state index contributed by atoms with van der Waals surface area (Å²) in [6, 6.07) is 0. The first-order chi connectivity index (χ1) is 8.26. The number of hydrogen-bond donors (Lipinski definition) is 1. The third-order valence-electron chi connectivity index (χ3n) is 3.74. The largest absolute Gasteiger partial charge is 0.368 e. The second kappa shape index (κ2) is 4.38. The Morgan fingerprint density at radius 2 is 2.18 bits per heavy atom. The Bertz CT molecular complexity index is 381. The maximum Gasteiger partial charge on any atom is 0.252 e. The van der Waals surface area contributed by atoms with Crippen LogP contribution in [0.2, 0.25) is 0 Å². The van der Waals surface area contributed by atoms with Crippen molar-refractivity contribution in [1.29, 1.82) is 0 Å². The summed E-state index contributed by atoms with van der Waals surface area (Å²) < 4.78 is 11.0. The van der Waals surface area contributed by atoms with Crippen molar-refractivity contribution < 1.29 is 9.26 Å². The number of piperidine rings is 1. The molecule has 0 bridgehead atoms. The quantitative estimate of drug-likeness (QED) is 0.857. The molecule has 1 aromatic heterocycles. The maximum atomic E-state index is 5.78. The Labute approximate surface area is 101 Å². The van der Waals surface area contributed by atoms with E-state index in [0.29, 0.717) is 18.6 Å². The van der Waals surface area contributed by atoms with E-state index in [4.69, 9.17) is 9.26 Å². The molecule has 2 aliphatic rings. The summed E-state index contributed by atoms with van der Waals surface area (Å²) in [4.78, 5) is 4.41. The van der Waals surface area contributed by atoms with Crippen molar-refractivity contribution in [2.24, 2.45) is 0 Å². The third-order valence-corrected chi connectivity index (χ3v) is 3.74. The van der Waals surface area contributed by atoms with Crippen LogP contribution in [0.4, 0.5) is 0 Å². The van der Waals surface area contributed by atoms with Crippen molar-refractivity contribution in [3.8, 4) is 0 Å². The van der Waals surface area contributed by atoms with Gasteiger partial charge < -0.3 is 14.6 Å². The van der Waals surface area contributed by atoms with Gasteiger partial charge in [-0.05, 0) is 38.8 Å². The molecule has 2 fully saturated rings. The zero-order valence-corrected chi connectivity index (χ0v) is 10.2. The molecule has 1 N–H and O–H groups in total. The van der Waals surface area contributed by atoms with Gasteiger partial charge in [-0.15, -0.1) is 0 Å². The summed E-state index contributed by atoms with van der Waals surface area (Å²) in [5, 5.41) is 7.35. The van der Waals surface area contributed by atoms with Crippen LogP contribution < -0.4 is 5.32 Å². The van der Waals surface area contributed by atoms with Crippen LogP contribution in [0.25, 0.3) is 0 Å². The van der Waals surface area contributed by atoms with Gasteiger partial charge >= 0.3 is 0 Å². The zero-order chi connectivity index (χ0) is 11.7. The summed E-state index contributed by atoms with van der Waals surface area (Å²) in [5.74, 6) is 1.47. The molecule has 1 aliphatic heterocycles. The molecule has 1 aromatic rings.